The Bertz CT molecular complexity index is 497. The third-order valence-corrected chi connectivity index (χ3v) is 2.37. The molecule has 0 atom stereocenters. The Hall–Kier alpha value is -2.44. The summed E-state index contributed by atoms with van der Waals surface area (Å²) in [5, 5.41) is 5.29. The molecule has 0 aliphatic rings. The summed E-state index contributed by atoms with van der Waals surface area (Å²) >= 11 is 0. The first-order valence-electron chi connectivity index (χ1n) is 6.23. The maximum Gasteiger partial charge on any atom is 0.269 e. The molecule has 0 unspecified atom stereocenters. The third-order valence-electron chi connectivity index (χ3n) is 2.37. The maximum absolute atomic E-state index is 11.7. The van der Waals surface area contributed by atoms with Gasteiger partial charge in [-0.2, -0.15) is 0 Å². The summed E-state index contributed by atoms with van der Waals surface area (Å²) in [7, 11) is 0. The van der Waals surface area contributed by atoms with Crippen molar-refractivity contribution in [1.82, 2.24) is 15.6 Å². The molecule has 3 amide bonds. The minimum atomic E-state index is -0.602. The monoisotopic (exact) mass is 278 g/mol. The Labute approximate surface area is 116 Å². The van der Waals surface area contributed by atoms with Crippen LogP contribution in [0.3, 0.4) is 0 Å². The van der Waals surface area contributed by atoms with Crippen LogP contribution in [0.5, 0.6) is 0 Å². The number of nitrogens with one attached hydrogen (secondary N) is 2. The molecule has 7 heteroatoms. The van der Waals surface area contributed by atoms with Crippen molar-refractivity contribution < 1.29 is 14.4 Å². The number of hydrogen-bond donors (Lipinski definition) is 3. The van der Waals surface area contributed by atoms with Gasteiger partial charge < -0.3 is 16.4 Å². The van der Waals surface area contributed by atoms with E-state index in [0.29, 0.717) is 0 Å². The molecule has 1 heterocycles. The van der Waals surface area contributed by atoms with Crippen molar-refractivity contribution in [3.63, 3.8) is 0 Å². The molecule has 0 bridgehead atoms. The van der Waals surface area contributed by atoms with Gasteiger partial charge in [0.25, 0.3) is 5.91 Å². The molecule has 0 spiro atoms. The number of carbonyl (C=O) groups excluding carboxylic acids is 3. The second-order valence-electron chi connectivity index (χ2n) is 4.52. The second kappa shape index (κ2) is 7.22. The Morgan fingerprint density at radius 2 is 2.00 bits per heavy atom. The van der Waals surface area contributed by atoms with Crippen LogP contribution in [-0.2, 0) is 4.79 Å². The van der Waals surface area contributed by atoms with Crippen molar-refractivity contribution in [2.24, 2.45) is 5.73 Å². The molecule has 0 aliphatic carbocycles. The first-order chi connectivity index (χ1) is 9.40. The predicted molar refractivity (Wildman–Crippen MR) is 73.0 cm³/mol. The Kier molecular flexibility index (Phi) is 5.64. The second-order valence-corrected chi connectivity index (χ2v) is 4.52. The molecule has 1 rings (SSSR count). The Morgan fingerprint density at radius 1 is 1.30 bits per heavy atom. The summed E-state index contributed by atoms with van der Waals surface area (Å²) < 4.78 is 0. The van der Waals surface area contributed by atoms with E-state index in [9.17, 15) is 14.4 Å². The summed E-state index contributed by atoms with van der Waals surface area (Å²) in [6.45, 7) is 3.94. The van der Waals surface area contributed by atoms with E-state index in [2.05, 4.69) is 15.6 Å². The van der Waals surface area contributed by atoms with E-state index in [-0.39, 0.29) is 36.2 Å². The summed E-state index contributed by atoms with van der Waals surface area (Å²) in [4.78, 5) is 37.8. The summed E-state index contributed by atoms with van der Waals surface area (Å²) in [6, 6.07) is 2.90. The number of primary amides is 1. The first-order valence-corrected chi connectivity index (χ1v) is 6.23. The van der Waals surface area contributed by atoms with Crippen molar-refractivity contribution in [1.29, 1.82) is 0 Å². The molecule has 7 nitrogen and oxygen atoms in total. The number of carbonyl (C=O) groups is 3. The number of rotatable bonds is 6. The standard InChI is InChI=1S/C13H18N4O3/c1-8(2)17-11(18)5-6-15-13(20)10-4-3-9(7-16-10)12(14)19/h3-4,7-8H,5-6H2,1-2H3,(H2,14,19)(H,15,20)(H,17,18). The number of hydrogen-bond acceptors (Lipinski definition) is 4. The molecule has 0 saturated heterocycles. The van der Waals surface area contributed by atoms with Gasteiger partial charge in [-0.1, -0.05) is 0 Å². The van der Waals surface area contributed by atoms with Gasteiger partial charge >= 0.3 is 0 Å². The molecule has 20 heavy (non-hydrogen) atoms. The summed E-state index contributed by atoms with van der Waals surface area (Å²) in [5.41, 5.74) is 5.47. The molecular weight excluding hydrogens is 260 g/mol. The lowest BCUT2D eigenvalue weighted by atomic mass is 10.2. The third kappa shape index (κ3) is 5.05. The number of nitrogens with zero attached hydrogens (tertiary/aromatic N) is 1. The van der Waals surface area contributed by atoms with Crippen LogP contribution in [0.25, 0.3) is 0 Å². The quantitative estimate of drug-likeness (QED) is 0.670. The van der Waals surface area contributed by atoms with Crippen LogP contribution in [0.2, 0.25) is 0 Å². The highest BCUT2D eigenvalue weighted by Crippen LogP contribution is 1.99. The largest absolute Gasteiger partial charge is 0.366 e. The van der Waals surface area contributed by atoms with Crippen molar-refractivity contribution in [2.45, 2.75) is 26.3 Å². The van der Waals surface area contributed by atoms with Crippen molar-refractivity contribution in [2.75, 3.05) is 6.54 Å². The SMILES string of the molecule is CC(C)NC(=O)CCNC(=O)c1ccc(C(N)=O)cn1. The number of aromatic nitrogens is 1. The molecule has 0 saturated carbocycles. The van der Waals surface area contributed by atoms with Crippen molar-refractivity contribution in [3.05, 3.63) is 29.6 Å². The van der Waals surface area contributed by atoms with E-state index < -0.39 is 11.8 Å². The van der Waals surface area contributed by atoms with E-state index in [4.69, 9.17) is 5.73 Å². The van der Waals surface area contributed by atoms with Gasteiger partial charge in [0.1, 0.15) is 5.69 Å². The molecule has 0 fully saturated rings. The highest BCUT2D eigenvalue weighted by molar-refractivity contribution is 5.95. The van der Waals surface area contributed by atoms with Crippen molar-refractivity contribution in [3.8, 4) is 0 Å². The van der Waals surface area contributed by atoms with Crippen LogP contribution in [0.1, 0.15) is 41.1 Å². The zero-order valence-electron chi connectivity index (χ0n) is 11.5. The van der Waals surface area contributed by atoms with Crippen LogP contribution < -0.4 is 16.4 Å². The smallest absolute Gasteiger partial charge is 0.269 e. The molecule has 0 aliphatic heterocycles. The minimum Gasteiger partial charge on any atom is -0.366 e. The normalized spacial score (nSPS) is 10.2. The zero-order valence-corrected chi connectivity index (χ0v) is 11.5. The van der Waals surface area contributed by atoms with Gasteiger partial charge in [0.15, 0.2) is 0 Å². The van der Waals surface area contributed by atoms with E-state index >= 15 is 0 Å². The van der Waals surface area contributed by atoms with Gasteiger partial charge in [0, 0.05) is 25.2 Å². The topological polar surface area (TPSA) is 114 Å². The van der Waals surface area contributed by atoms with Gasteiger partial charge in [-0.15, -0.1) is 0 Å². The highest BCUT2D eigenvalue weighted by Gasteiger charge is 2.09. The van der Waals surface area contributed by atoms with Gasteiger partial charge in [-0.3, -0.25) is 19.4 Å². The fourth-order valence-electron chi connectivity index (χ4n) is 1.45. The molecule has 0 radical (unpaired) electrons. The fraction of sp³-hybridized carbons (Fsp3) is 0.385. The lowest BCUT2D eigenvalue weighted by molar-refractivity contribution is -0.121. The Morgan fingerprint density at radius 3 is 2.50 bits per heavy atom. The van der Waals surface area contributed by atoms with Gasteiger partial charge in [0.2, 0.25) is 11.8 Å². The summed E-state index contributed by atoms with van der Waals surface area (Å²) in [5.74, 6) is -1.13. The highest BCUT2D eigenvalue weighted by atomic mass is 16.2. The number of nitrogens with two attached hydrogens (primary N) is 1. The summed E-state index contributed by atoms with van der Waals surface area (Å²) in [6.07, 6.45) is 1.44. The molecular formula is C13H18N4O3. The lowest BCUT2D eigenvalue weighted by Gasteiger charge is -2.08. The average Bonchev–Trinajstić information content (AvgIpc) is 2.37. The van der Waals surface area contributed by atoms with Crippen LogP contribution in [0, 0.1) is 0 Å². The minimum absolute atomic E-state index is 0.0706. The zero-order chi connectivity index (χ0) is 15.1. The van der Waals surface area contributed by atoms with Crippen LogP contribution in [0.4, 0.5) is 0 Å². The average molecular weight is 278 g/mol. The maximum atomic E-state index is 11.7. The predicted octanol–water partition coefficient (Wildman–Crippen LogP) is -0.175. The van der Waals surface area contributed by atoms with Crippen LogP contribution in [0.15, 0.2) is 18.3 Å². The van der Waals surface area contributed by atoms with Crippen molar-refractivity contribution >= 4 is 17.7 Å². The molecule has 1 aromatic rings. The fourth-order valence-corrected chi connectivity index (χ4v) is 1.45. The van der Waals surface area contributed by atoms with Crippen LogP contribution >= 0.6 is 0 Å². The van der Waals surface area contributed by atoms with Gasteiger partial charge in [0.05, 0.1) is 5.56 Å². The van der Waals surface area contributed by atoms with E-state index in [1.807, 2.05) is 13.8 Å². The van der Waals surface area contributed by atoms with E-state index in [1.54, 1.807) is 0 Å². The molecule has 1 aromatic heterocycles. The van der Waals surface area contributed by atoms with Gasteiger partial charge in [-0.05, 0) is 26.0 Å². The first kappa shape index (κ1) is 15.6. The molecule has 0 aromatic carbocycles. The Balaban J connectivity index is 2.43. The van der Waals surface area contributed by atoms with Gasteiger partial charge in [-0.25, -0.2) is 0 Å². The molecule has 4 N–H and O–H groups in total. The molecule has 108 valence electrons. The number of pyridine rings is 1. The van der Waals surface area contributed by atoms with Crippen LogP contribution in [-0.4, -0.2) is 35.3 Å². The van der Waals surface area contributed by atoms with E-state index in [0.717, 1.165) is 0 Å². The van der Waals surface area contributed by atoms with E-state index in [1.165, 1.54) is 18.3 Å². The number of amides is 3. The lowest BCUT2D eigenvalue weighted by Crippen LogP contribution is -2.34.